The Balaban J connectivity index is 1.75. The third kappa shape index (κ3) is 2.75. The van der Waals surface area contributed by atoms with Crippen molar-refractivity contribution in [2.24, 2.45) is 4.99 Å². The quantitative estimate of drug-likeness (QED) is 0.394. The lowest BCUT2D eigenvalue weighted by Gasteiger charge is -2.39. The number of rotatable bonds is 3. The van der Waals surface area contributed by atoms with Crippen LogP contribution in [0.25, 0.3) is 0 Å². The second-order valence-electron chi connectivity index (χ2n) is 6.21. The third-order valence-electron chi connectivity index (χ3n) is 4.79. The first-order valence-electron chi connectivity index (χ1n) is 7.98. The van der Waals surface area contributed by atoms with Crippen LogP contribution in [-0.2, 0) is 0 Å². The Morgan fingerprint density at radius 1 is 1.35 bits per heavy atom. The highest BCUT2D eigenvalue weighted by atomic mass is 35.5. The number of piperidine rings is 1. The van der Waals surface area contributed by atoms with Gasteiger partial charge in [-0.25, -0.2) is 4.99 Å². The normalized spacial score (nSPS) is 16.1. The van der Waals surface area contributed by atoms with Crippen molar-refractivity contribution in [3.8, 4) is 6.07 Å². The fourth-order valence-corrected chi connectivity index (χ4v) is 5.26. The molecule has 0 amide bonds. The first-order valence-corrected chi connectivity index (χ1v) is 9.56. The van der Waals surface area contributed by atoms with E-state index in [-0.39, 0.29) is 15.7 Å². The smallest absolute Gasteiger partial charge is 0.288 e. The molecule has 1 aromatic heterocycles. The van der Waals surface area contributed by atoms with Gasteiger partial charge >= 0.3 is 0 Å². The number of nitriles is 1. The molecule has 0 saturated carbocycles. The van der Waals surface area contributed by atoms with Crippen molar-refractivity contribution in [1.29, 1.82) is 5.26 Å². The zero-order valence-electron chi connectivity index (χ0n) is 13.4. The molecule has 9 heteroatoms. The van der Waals surface area contributed by atoms with Crippen molar-refractivity contribution in [3.63, 3.8) is 0 Å². The fraction of sp³-hybridized carbons (Fsp3) is 0.294. The Bertz CT molecular complexity index is 988. The summed E-state index contributed by atoms with van der Waals surface area (Å²) >= 11 is 13.5. The first-order chi connectivity index (χ1) is 12.5. The maximum atomic E-state index is 11.1. The average Bonchev–Trinajstić information content (AvgIpc) is 3.02. The van der Waals surface area contributed by atoms with Gasteiger partial charge in [-0.3, -0.25) is 10.1 Å². The van der Waals surface area contributed by atoms with Crippen LogP contribution in [0.5, 0.6) is 0 Å². The van der Waals surface area contributed by atoms with Crippen LogP contribution in [0, 0.1) is 21.4 Å². The van der Waals surface area contributed by atoms with Crippen LogP contribution in [-0.4, -0.2) is 24.2 Å². The van der Waals surface area contributed by atoms with Gasteiger partial charge in [-0.2, -0.15) is 5.26 Å². The Hall–Kier alpha value is -2.14. The zero-order valence-corrected chi connectivity index (χ0v) is 15.7. The monoisotopic (exact) mass is 406 g/mol. The number of nitro benzene ring substituents is 1. The molecule has 0 aliphatic carbocycles. The summed E-state index contributed by atoms with van der Waals surface area (Å²) in [5.41, 5.74) is 1.87. The summed E-state index contributed by atoms with van der Waals surface area (Å²) < 4.78 is 0. The Morgan fingerprint density at radius 3 is 2.73 bits per heavy atom. The summed E-state index contributed by atoms with van der Waals surface area (Å²) in [6.45, 7) is 2.03. The van der Waals surface area contributed by atoms with E-state index < -0.39 is 4.92 Å². The predicted octanol–water partition coefficient (Wildman–Crippen LogP) is 5.28. The molecule has 26 heavy (non-hydrogen) atoms. The molecular weight excluding hydrogens is 395 g/mol. The maximum absolute atomic E-state index is 11.1. The molecule has 0 unspecified atom stereocenters. The van der Waals surface area contributed by atoms with E-state index in [1.54, 1.807) is 0 Å². The van der Waals surface area contributed by atoms with Crippen molar-refractivity contribution >= 4 is 56.4 Å². The van der Waals surface area contributed by atoms with E-state index in [1.807, 2.05) is 0 Å². The van der Waals surface area contributed by atoms with E-state index in [1.165, 1.54) is 29.7 Å². The van der Waals surface area contributed by atoms with Crippen molar-refractivity contribution in [2.45, 2.75) is 18.8 Å². The molecule has 0 N–H and O–H groups in total. The molecule has 5 rings (SSSR count). The highest BCUT2D eigenvalue weighted by Crippen LogP contribution is 2.52. The van der Waals surface area contributed by atoms with E-state index in [2.05, 4.69) is 16.0 Å². The van der Waals surface area contributed by atoms with Gasteiger partial charge in [0.2, 0.25) is 0 Å². The minimum absolute atomic E-state index is 0.0224. The Morgan fingerprint density at radius 2 is 2.08 bits per heavy atom. The molecule has 1 saturated heterocycles. The van der Waals surface area contributed by atoms with Gasteiger partial charge in [0.25, 0.3) is 5.69 Å². The highest BCUT2D eigenvalue weighted by molar-refractivity contribution is 7.20. The molecule has 1 aromatic carbocycles. The molecular formula is C17H12Cl2N4O2S. The van der Waals surface area contributed by atoms with Gasteiger partial charge < -0.3 is 4.90 Å². The highest BCUT2D eigenvalue weighted by Gasteiger charge is 2.36. The molecule has 6 nitrogen and oxygen atoms in total. The van der Waals surface area contributed by atoms with Crippen molar-refractivity contribution < 1.29 is 4.92 Å². The maximum Gasteiger partial charge on any atom is 0.288 e. The zero-order chi connectivity index (χ0) is 18.4. The number of aliphatic imine (C=N–C) groups is 1. The second kappa shape index (κ2) is 6.54. The van der Waals surface area contributed by atoms with Crippen LogP contribution < -0.4 is 4.90 Å². The molecule has 3 aliphatic rings. The van der Waals surface area contributed by atoms with Gasteiger partial charge in [-0.05, 0) is 24.8 Å². The van der Waals surface area contributed by atoms with Gasteiger partial charge in [0.1, 0.15) is 16.1 Å². The lowest BCUT2D eigenvalue weighted by molar-refractivity contribution is -0.384. The standard InChI is InChI=1S/C17H12Cl2N4O2S/c18-12-6-13(19)14(23(24)25)5-10(12)8-21-16-11(7-20)15-9-1-3-22(4-2-9)17(15)26-16/h5-6,8-9H,1-4H2. The van der Waals surface area contributed by atoms with E-state index in [9.17, 15) is 15.4 Å². The van der Waals surface area contributed by atoms with Crippen LogP contribution >= 0.6 is 34.5 Å². The minimum atomic E-state index is -0.564. The predicted molar refractivity (Wildman–Crippen MR) is 104 cm³/mol. The summed E-state index contributed by atoms with van der Waals surface area (Å²) in [6.07, 6.45) is 3.59. The van der Waals surface area contributed by atoms with Gasteiger partial charge in [-0.15, -0.1) is 0 Å². The van der Waals surface area contributed by atoms with Gasteiger partial charge in [0, 0.05) is 36.5 Å². The number of anilines is 1. The average molecular weight is 407 g/mol. The molecule has 0 atom stereocenters. The molecule has 0 radical (unpaired) electrons. The van der Waals surface area contributed by atoms with Gasteiger partial charge in [0.05, 0.1) is 20.5 Å². The topological polar surface area (TPSA) is 82.5 Å². The van der Waals surface area contributed by atoms with Gasteiger partial charge in [-0.1, -0.05) is 34.5 Å². The number of nitro groups is 1. The van der Waals surface area contributed by atoms with E-state index in [4.69, 9.17) is 23.2 Å². The fourth-order valence-electron chi connectivity index (χ4n) is 3.52. The van der Waals surface area contributed by atoms with E-state index in [0.29, 0.717) is 22.0 Å². The van der Waals surface area contributed by atoms with Crippen molar-refractivity contribution in [2.75, 3.05) is 18.0 Å². The lowest BCUT2D eigenvalue weighted by atomic mass is 9.84. The molecule has 2 bridgehead atoms. The molecule has 3 aliphatic heterocycles. The SMILES string of the molecule is N#Cc1c(N=Cc2cc([N+](=O)[O-])c(Cl)cc2Cl)sc2c1C1CCN2CC1. The van der Waals surface area contributed by atoms with Crippen LogP contribution in [0.2, 0.25) is 10.0 Å². The minimum Gasteiger partial charge on any atom is -0.363 e. The van der Waals surface area contributed by atoms with Crippen LogP contribution in [0.15, 0.2) is 17.1 Å². The van der Waals surface area contributed by atoms with Crippen LogP contribution in [0.4, 0.5) is 15.7 Å². The number of halogens is 2. The number of hydrogen-bond acceptors (Lipinski definition) is 6. The number of fused-ring (bicyclic) bond motifs is 2. The Labute approximate surface area is 163 Å². The van der Waals surface area contributed by atoms with E-state index >= 15 is 0 Å². The number of thiophene rings is 1. The largest absolute Gasteiger partial charge is 0.363 e. The molecule has 1 fully saturated rings. The number of nitrogens with zero attached hydrogens (tertiary/aromatic N) is 4. The van der Waals surface area contributed by atoms with Crippen molar-refractivity contribution in [3.05, 3.63) is 49.0 Å². The first kappa shape index (κ1) is 17.3. The molecule has 4 heterocycles. The van der Waals surface area contributed by atoms with Crippen LogP contribution in [0.3, 0.4) is 0 Å². The molecule has 132 valence electrons. The lowest BCUT2D eigenvalue weighted by Crippen LogP contribution is -2.37. The summed E-state index contributed by atoms with van der Waals surface area (Å²) in [6, 6.07) is 4.91. The number of benzene rings is 1. The van der Waals surface area contributed by atoms with Crippen molar-refractivity contribution in [1.82, 2.24) is 0 Å². The van der Waals surface area contributed by atoms with Crippen LogP contribution in [0.1, 0.15) is 35.4 Å². The summed E-state index contributed by atoms with van der Waals surface area (Å²) in [5.74, 6) is 0.421. The van der Waals surface area contributed by atoms with E-state index in [0.717, 1.165) is 36.5 Å². The second-order valence-corrected chi connectivity index (χ2v) is 8.01. The molecule has 2 aromatic rings. The van der Waals surface area contributed by atoms with Gasteiger partial charge in [0.15, 0.2) is 0 Å². The summed E-state index contributed by atoms with van der Waals surface area (Å²) in [5, 5.41) is 22.7. The Kier molecular flexibility index (Phi) is 4.35. The third-order valence-corrected chi connectivity index (χ3v) is 6.60. The number of hydrogen-bond donors (Lipinski definition) is 0. The molecule has 0 spiro atoms. The summed E-state index contributed by atoms with van der Waals surface area (Å²) in [7, 11) is 0. The summed E-state index contributed by atoms with van der Waals surface area (Å²) in [4.78, 5) is 17.2.